The fourth-order valence-corrected chi connectivity index (χ4v) is 3.77. The zero-order chi connectivity index (χ0) is 20.1. The molecule has 6 nitrogen and oxygen atoms in total. The number of aryl methyl sites for hydroxylation is 1. The Hall–Kier alpha value is -1.63. The van der Waals surface area contributed by atoms with Gasteiger partial charge in [0.05, 0.1) is 6.54 Å². The number of halogens is 4. The first kappa shape index (κ1) is 23.6. The largest absolute Gasteiger partial charge is 0.434 e. The molecular weight excluding hydrogens is 516 g/mol. The van der Waals surface area contributed by atoms with Gasteiger partial charge in [0, 0.05) is 37.3 Å². The molecule has 29 heavy (non-hydrogen) atoms. The predicted octanol–water partition coefficient (Wildman–Crippen LogP) is 3.82. The number of hydrogen-bond acceptors (Lipinski definition) is 5. The zero-order valence-electron chi connectivity index (χ0n) is 16.2. The molecule has 1 aliphatic rings. The number of aromatic nitrogens is 2. The molecule has 3 rings (SSSR count). The van der Waals surface area contributed by atoms with Crippen LogP contribution < -0.4 is 15.5 Å². The van der Waals surface area contributed by atoms with Gasteiger partial charge >= 0.3 is 6.18 Å². The summed E-state index contributed by atoms with van der Waals surface area (Å²) in [6.07, 6.45) is -2.56. The number of nitrogens with one attached hydrogen (secondary N) is 2. The summed E-state index contributed by atoms with van der Waals surface area (Å²) in [4.78, 5) is 14.6. The normalized spacial score (nSPS) is 15.8. The lowest BCUT2D eigenvalue weighted by atomic mass is 10.1. The van der Waals surface area contributed by atoms with Gasteiger partial charge in [-0.15, -0.1) is 35.3 Å². The van der Waals surface area contributed by atoms with Crippen molar-refractivity contribution in [1.82, 2.24) is 20.6 Å². The van der Waals surface area contributed by atoms with Crippen molar-refractivity contribution in [3.63, 3.8) is 0 Å². The molecule has 0 bridgehead atoms. The second-order valence-corrected chi connectivity index (χ2v) is 7.54. The predicted molar refractivity (Wildman–Crippen MR) is 120 cm³/mol. The maximum absolute atomic E-state index is 12.6. The quantitative estimate of drug-likeness (QED) is 0.351. The summed E-state index contributed by atoms with van der Waals surface area (Å²) in [5, 5.41) is 7.79. The molecule has 3 heterocycles. The number of aliphatic imine (C=N–C) groups is 1. The number of nitrogens with zero attached hydrogens (tertiary/aromatic N) is 4. The van der Waals surface area contributed by atoms with Crippen LogP contribution in [-0.2, 0) is 12.7 Å². The monoisotopic (exact) mass is 540 g/mol. The first-order valence-corrected chi connectivity index (χ1v) is 9.90. The van der Waals surface area contributed by atoms with Crippen LogP contribution in [0.3, 0.4) is 0 Å². The van der Waals surface area contributed by atoms with E-state index in [1.54, 1.807) is 7.05 Å². The smallest absolute Gasteiger partial charge is 0.356 e. The summed E-state index contributed by atoms with van der Waals surface area (Å²) in [5.41, 5.74) is 0.146. The van der Waals surface area contributed by atoms with E-state index in [2.05, 4.69) is 30.5 Å². The van der Waals surface area contributed by atoms with Crippen molar-refractivity contribution in [2.24, 2.45) is 4.99 Å². The van der Waals surface area contributed by atoms with E-state index in [4.69, 9.17) is 0 Å². The Balaban J connectivity index is 0.00000300. The van der Waals surface area contributed by atoms with Crippen molar-refractivity contribution in [3.05, 3.63) is 40.0 Å². The molecule has 11 heteroatoms. The lowest BCUT2D eigenvalue weighted by Gasteiger charge is -2.33. The van der Waals surface area contributed by atoms with Crippen LogP contribution in [0.5, 0.6) is 0 Å². The minimum absolute atomic E-state index is 0. The van der Waals surface area contributed by atoms with E-state index < -0.39 is 11.9 Å². The third-order valence-electron chi connectivity index (χ3n) is 4.51. The summed E-state index contributed by atoms with van der Waals surface area (Å²) in [6.45, 7) is 3.94. The summed E-state index contributed by atoms with van der Waals surface area (Å²) in [6, 6.07) is 6.25. The zero-order valence-corrected chi connectivity index (χ0v) is 19.3. The lowest BCUT2D eigenvalue weighted by Crippen LogP contribution is -2.48. The first-order valence-electron chi connectivity index (χ1n) is 9.02. The van der Waals surface area contributed by atoms with Crippen molar-refractivity contribution in [3.8, 4) is 0 Å². The molecule has 160 valence electrons. The standard InChI is InChI=1S/C18H23F3N6S.HI/c1-12-4-3-5-15(24-12)27-8-6-13(7-9-27)25-17(22-2)23-10-16-26-14(11-28-16)18(19,20)21;/h3-5,11,13H,6-10H2,1-2H3,(H2,22,23,25);1H. The summed E-state index contributed by atoms with van der Waals surface area (Å²) < 4.78 is 37.9. The van der Waals surface area contributed by atoms with Gasteiger partial charge in [0.2, 0.25) is 0 Å². The Bertz CT molecular complexity index is 818. The Labute approximate surface area is 189 Å². The molecule has 0 saturated carbocycles. The fourth-order valence-electron chi connectivity index (χ4n) is 3.03. The van der Waals surface area contributed by atoms with Gasteiger partial charge in [0.15, 0.2) is 11.7 Å². The van der Waals surface area contributed by atoms with Gasteiger partial charge in [-0.05, 0) is 31.9 Å². The van der Waals surface area contributed by atoms with Crippen molar-refractivity contribution < 1.29 is 13.2 Å². The molecule has 2 aromatic heterocycles. The number of alkyl halides is 3. The van der Waals surface area contributed by atoms with Crippen LogP contribution >= 0.6 is 35.3 Å². The molecule has 2 aromatic rings. The van der Waals surface area contributed by atoms with E-state index in [1.807, 2.05) is 25.1 Å². The molecule has 0 atom stereocenters. The van der Waals surface area contributed by atoms with E-state index in [0.717, 1.165) is 54.2 Å². The number of piperidine rings is 1. The van der Waals surface area contributed by atoms with Crippen molar-refractivity contribution >= 4 is 47.1 Å². The molecule has 0 amide bonds. The summed E-state index contributed by atoms with van der Waals surface area (Å²) >= 11 is 0.984. The van der Waals surface area contributed by atoms with Crippen LogP contribution in [-0.4, -0.2) is 42.1 Å². The van der Waals surface area contributed by atoms with Crippen LogP contribution in [0.1, 0.15) is 29.2 Å². The Morgan fingerprint density at radius 2 is 2.00 bits per heavy atom. The van der Waals surface area contributed by atoms with Gasteiger partial charge in [0.1, 0.15) is 10.8 Å². The molecule has 0 spiro atoms. The first-order chi connectivity index (χ1) is 13.3. The van der Waals surface area contributed by atoms with Crippen LogP contribution in [0.25, 0.3) is 0 Å². The topological polar surface area (TPSA) is 65.4 Å². The molecular formula is C18H24F3IN6S. The van der Waals surface area contributed by atoms with Crippen LogP contribution in [0.2, 0.25) is 0 Å². The highest BCUT2D eigenvalue weighted by Crippen LogP contribution is 2.29. The maximum Gasteiger partial charge on any atom is 0.434 e. The van der Waals surface area contributed by atoms with Gasteiger partial charge < -0.3 is 15.5 Å². The van der Waals surface area contributed by atoms with Crippen LogP contribution in [0.15, 0.2) is 28.6 Å². The van der Waals surface area contributed by atoms with Crippen molar-refractivity contribution in [2.75, 3.05) is 25.0 Å². The number of pyridine rings is 1. The molecule has 1 fully saturated rings. The summed E-state index contributed by atoms with van der Waals surface area (Å²) in [7, 11) is 1.64. The van der Waals surface area contributed by atoms with E-state index >= 15 is 0 Å². The van der Waals surface area contributed by atoms with Crippen molar-refractivity contribution in [2.45, 2.75) is 38.5 Å². The van der Waals surface area contributed by atoms with Gasteiger partial charge in [-0.3, -0.25) is 4.99 Å². The number of hydrogen-bond donors (Lipinski definition) is 2. The molecule has 1 aliphatic heterocycles. The Kier molecular flexibility index (Phi) is 8.49. The fraction of sp³-hybridized carbons (Fsp3) is 0.500. The summed E-state index contributed by atoms with van der Waals surface area (Å²) in [5.74, 6) is 1.56. The van der Waals surface area contributed by atoms with Gasteiger partial charge in [0.25, 0.3) is 0 Å². The minimum atomic E-state index is -4.41. The number of guanidine groups is 1. The van der Waals surface area contributed by atoms with E-state index in [9.17, 15) is 13.2 Å². The average Bonchev–Trinajstić information content (AvgIpc) is 3.15. The number of thiazole rings is 1. The van der Waals surface area contributed by atoms with Gasteiger partial charge in [-0.2, -0.15) is 13.2 Å². The molecule has 2 N–H and O–H groups in total. The Morgan fingerprint density at radius 1 is 1.28 bits per heavy atom. The van der Waals surface area contributed by atoms with Crippen LogP contribution in [0, 0.1) is 6.92 Å². The third-order valence-corrected chi connectivity index (χ3v) is 5.36. The second-order valence-electron chi connectivity index (χ2n) is 6.59. The SMILES string of the molecule is CN=C(NCc1nc(C(F)(F)F)cs1)NC1CCN(c2cccc(C)n2)CC1.I. The van der Waals surface area contributed by atoms with Gasteiger partial charge in [-0.1, -0.05) is 6.07 Å². The molecule has 0 aromatic carbocycles. The van der Waals surface area contributed by atoms with E-state index in [0.29, 0.717) is 11.0 Å². The van der Waals surface area contributed by atoms with Gasteiger partial charge in [-0.25, -0.2) is 9.97 Å². The molecule has 1 saturated heterocycles. The number of anilines is 1. The minimum Gasteiger partial charge on any atom is -0.356 e. The Morgan fingerprint density at radius 3 is 2.59 bits per heavy atom. The van der Waals surface area contributed by atoms with Crippen LogP contribution in [0.4, 0.5) is 19.0 Å². The average molecular weight is 540 g/mol. The highest BCUT2D eigenvalue weighted by atomic mass is 127. The van der Waals surface area contributed by atoms with E-state index in [-0.39, 0.29) is 36.6 Å². The molecule has 0 unspecified atom stereocenters. The molecule has 0 radical (unpaired) electrons. The highest BCUT2D eigenvalue weighted by Gasteiger charge is 2.33. The molecule has 0 aliphatic carbocycles. The van der Waals surface area contributed by atoms with Crippen molar-refractivity contribution in [1.29, 1.82) is 0 Å². The lowest BCUT2D eigenvalue weighted by molar-refractivity contribution is -0.140. The highest BCUT2D eigenvalue weighted by molar-refractivity contribution is 14.0. The number of rotatable bonds is 4. The second kappa shape index (κ2) is 10.4. The van der Waals surface area contributed by atoms with E-state index in [1.165, 1.54) is 0 Å². The maximum atomic E-state index is 12.6. The third kappa shape index (κ3) is 6.69.